The molecule has 3 atom stereocenters. The van der Waals surface area contributed by atoms with E-state index < -0.39 is 23.0 Å². The first-order valence-corrected chi connectivity index (χ1v) is 14.6. The van der Waals surface area contributed by atoms with E-state index in [1.54, 1.807) is 55.6 Å². The number of benzene rings is 3. The molecule has 3 heterocycles. The SMILES string of the molecule is COc1ccc(C2c3sc(=O)n(CC(=O)Nc4ccc(O)cc4)c3SC3C(=O)N(c4ccc(OC)cc4)C(=O)C32)cc1. The summed E-state index contributed by atoms with van der Waals surface area (Å²) in [5.74, 6) is -1.25. The molecule has 0 aliphatic carbocycles. The van der Waals surface area contributed by atoms with Crippen LogP contribution >= 0.6 is 23.1 Å². The van der Waals surface area contributed by atoms with Gasteiger partial charge in [-0.2, -0.15) is 0 Å². The number of anilines is 2. The monoisotopic (exact) mass is 603 g/mol. The van der Waals surface area contributed by atoms with Crippen LogP contribution in [0.2, 0.25) is 0 Å². The molecule has 0 bridgehead atoms. The van der Waals surface area contributed by atoms with Crippen molar-refractivity contribution in [2.75, 3.05) is 24.4 Å². The minimum absolute atomic E-state index is 0.0612. The van der Waals surface area contributed by atoms with Gasteiger partial charge in [0, 0.05) is 16.5 Å². The Hall–Kier alpha value is -4.55. The van der Waals surface area contributed by atoms with E-state index in [0.29, 0.717) is 32.8 Å². The van der Waals surface area contributed by atoms with Crippen molar-refractivity contribution in [2.24, 2.45) is 5.92 Å². The zero-order chi connectivity index (χ0) is 29.5. The van der Waals surface area contributed by atoms with Crippen LogP contribution in [0.1, 0.15) is 16.4 Å². The molecule has 1 saturated heterocycles. The minimum Gasteiger partial charge on any atom is -0.508 e. The van der Waals surface area contributed by atoms with Gasteiger partial charge in [0.25, 0.3) is 0 Å². The van der Waals surface area contributed by atoms with E-state index in [2.05, 4.69) is 5.32 Å². The summed E-state index contributed by atoms with van der Waals surface area (Å²) in [6.45, 7) is -0.282. The van der Waals surface area contributed by atoms with Gasteiger partial charge in [0.05, 0.1) is 30.9 Å². The fraction of sp³-hybridized carbons (Fsp3) is 0.200. The highest BCUT2D eigenvalue weighted by atomic mass is 32.2. The molecule has 3 unspecified atom stereocenters. The Morgan fingerprint density at radius 2 is 1.50 bits per heavy atom. The number of carbonyl (C=O) groups is 3. The second-order valence-corrected chi connectivity index (χ2v) is 11.9. The number of carbonyl (C=O) groups excluding carboxylic acids is 3. The van der Waals surface area contributed by atoms with E-state index in [4.69, 9.17) is 9.47 Å². The smallest absolute Gasteiger partial charge is 0.308 e. The fourth-order valence-electron chi connectivity index (χ4n) is 5.30. The Kier molecular flexibility index (Phi) is 7.25. The van der Waals surface area contributed by atoms with Gasteiger partial charge in [0.15, 0.2) is 0 Å². The second-order valence-electron chi connectivity index (χ2n) is 9.74. The standard InChI is InChI=1S/C30H25N3O7S2/c1-39-20-11-3-16(4-12-20)23-24-25(28(37)33(27(24)36)18-7-13-21(40-2)14-8-18)41-29-26(23)42-30(38)32(29)15-22(35)31-17-5-9-19(34)10-6-17/h3-14,23-25,34H,15H2,1-2H3,(H,31,35). The number of aromatic hydroxyl groups is 1. The molecule has 4 aromatic rings. The molecule has 3 amide bonds. The molecule has 1 fully saturated rings. The summed E-state index contributed by atoms with van der Waals surface area (Å²) < 4.78 is 11.9. The van der Waals surface area contributed by atoms with Crippen molar-refractivity contribution in [3.63, 3.8) is 0 Å². The predicted molar refractivity (Wildman–Crippen MR) is 159 cm³/mol. The summed E-state index contributed by atoms with van der Waals surface area (Å²) in [4.78, 5) is 55.6. The number of thioether (sulfide) groups is 1. The first-order valence-electron chi connectivity index (χ1n) is 12.9. The largest absolute Gasteiger partial charge is 0.508 e. The number of aromatic nitrogens is 1. The first kappa shape index (κ1) is 27.6. The summed E-state index contributed by atoms with van der Waals surface area (Å²) in [6.07, 6.45) is 0. The van der Waals surface area contributed by atoms with Gasteiger partial charge in [0.2, 0.25) is 17.7 Å². The lowest BCUT2D eigenvalue weighted by molar-refractivity contribution is -0.122. The van der Waals surface area contributed by atoms with Crippen molar-refractivity contribution in [3.05, 3.63) is 92.9 Å². The third-order valence-electron chi connectivity index (χ3n) is 7.31. The maximum absolute atomic E-state index is 14.0. The van der Waals surface area contributed by atoms with Gasteiger partial charge in [0.1, 0.15) is 29.0 Å². The lowest BCUT2D eigenvalue weighted by atomic mass is 9.83. The normalized spacial score (nSPS) is 19.3. The van der Waals surface area contributed by atoms with E-state index in [1.165, 1.54) is 28.7 Å². The summed E-state index contributed by atoms with van der Waals surface area (Å²) in [5, 5.41) is 11.9. The number of nitrogens with one attached hydrogen (secondary N) is 1. The molecule has 12 heteroatoms. The van der Waals surface area contributed by atoms with E-state index in [0.717, 1.165) is 28.7 Å². The molecule has 2 aliphatic heterocycles. The Morgan fingerprint density at radius 3 is 2.12 bits per heavy atom. The number of rotatable bonds is 7. The van der Waals surface area contributed by atoms with E-state index in [1.807, 2.05) is 12.1 Å². The molecule has 0 spiro atoms. The van der Waals surface area contributed by atoms with Gasteiger partial charge in [-0.25, -0.2) is 4.90 Å². The molecule has 3 aromatic carbocycles. The number of amides is 3. The number of methoxy groups -OCH3 is 2. The number of thiazole rings is 1. The number of imide groups is 1. The minimum atomic E-state index is -0.806. The molecular weight excluding hydrogens is 578 g/mol. The van der Waals surface area contributed by atoms with Crippen molar-refractivity contribution in [1.82, 2.24) is 4.57 Å². The van der Waals surface area contributed by atoms with Gasteiger partial charge in [-0.15, -0.1) is 0 Å². The summed E-state index contributed by atoms with van der Waals surface area (Å²) in [6, 6.07) is 19.9. The van der Waals surface area contributed by atoms with Crippen LogP contribution in [0.4, 0.5) is 11.4 Å². The third-order valence-corrected chi connectivity index (χ3v) is 9.91. The highest BCUT2D eigenvalue weighted by Crippen LogP contribution is 2.54. The van der Waals surface area contributed by atoms with Crippen LogP contribution in [0.5, 0.6) is 17.2 Å². The van der Waals surface area contributed by atoms with Crippen molar-refractivity contribution in [1.29, 1.82) is 0 Å². The van der Waals surface area contributed by atoms with Gasteiger partial charge >= 0.3 is 4.87 Å². The number of fused-ring (bicyclic) bond motifs is 2. The number of phenols is 1. The number of phenolic OH excluding ortho intramolecular Hbond substituents is 1. The molecule has 214 valence electrons. The molecular formula is C30H25N3O7S2. The highest BCUT2D eigenvalue weighted by Gasteiger charge is 2.56. The van der Waals surface area contributed by atoms with Crippen LogP contribution in [0.3, 0.4) is 0 Å². The lowest BCUT2D eigenvalue weighted by Gasteiger charge is -2.30. The maximum Gasteiger partial charge on any atom is 0.308 e. The Balaban J connectivity index is 1.40. The van der Waals surface area contributed by atoms with Crippen LogP contribution in [-0.2, 0) is 20.9 Å². The van der Waals surface area contributed by atoms with Crippen LogP contribution in [0, 0.1) is 5.92 Å². The zero-order valence-corrected chi connectivity index (χ0v) is 24.1. The average molecular weight is 604 g/mol. The van der Waals surface area contributed by atoms with E-state index in [-0.39, 0.29) is 29.0 Å². The van der Waals surface area contributed by atoms with Gasteiger partial charge < -0.3 is 19.9 Å². The summed E-state index contributed by atoms with van der Waals surface area (Å²) in [7, 11) is 3.09. The quantitative estimate of drug-likeness (QED) is 0.239. The van der Waals surface area contributed by atoms with Crippen LogP contribution in [0.15, 0.2) is 82.6 Å². The molecule has 0 saturated carbocycles. The van der Waals surface area contributed by atoms with Crippen LogP contribution in [0.25, 0.3) is 0 Å². The predicted octanol–water partition coefficient (Wildman–Crippen LogP) is 4.07. The number of hydrogen-bond acceptors (Lipinski definition) is 9. The van der Waals surface area contributed by atoms with Crippen LogP contribution in [-0.4, -0.2) is 46.9 Å². The summed E-state index contributed by atoms with van der Waals surface area (Å²) in [5.41, 5.74) is 1.65. The fourth-order valence-corrected chi connectivity index (χ4v) is 8.07. The summed E-state index contributed by atoms with van der Waals surface area (Å²) >= 11 is 2.13. The molecule has 10 nitrogen and oxygen atoms in total. The maximum atomic E-state index is 14.0. The Labute approximate surface area is 248 Å². The number of ether oxygens (including phenoxy) is 2. The number of nitrogens with zero attached hydrogens (tertiary/aromatic N) is 2. The molecule has 0 radical (unpaired) electrons. The molecule has 1 aromatic heterocycles. The van der Waals surface area contributed by atoms with Gasteiger partial charge in [-0.05, 0) is 66.2 Å². The van der Waals surface area contributed by atoms with E-state index >= 15 is 0 Å². The first-order chi connectivity index (χ1) is 20.3. The topological polar surface area (TPSA) is 127 Å². The molecule has 6 rings (SSSR count). The lowest BCUT2D eigenvalue weighted by Crippen LogP contribution is -2.33. The Bertz CT molecular complexity index is 1730. The molecule has 2 aliphatic rings. The van der Waals surface area contributed by atoms with Gasteiger partial charge in [-0.3, -0.25) is 23.7 Å². The van der Waals surface area contributed by atoms with Crippen molar-refractivity contribution >= 4 is 52.2 Å². The second kappa shape index (κ2) is 11.0. The zero-order valence-electron chi connectivity index (χ0n) is 22.5. The third kappa shape index (κ3) is 4.82. The average Bonchev–Trinajstić information content (AvgIpc) is 3.44. The Morgan fingerprint density at radius 1 is 0.881 bits per heavy atom. The van der Waals surface area contributed by atoms with Crippen molar-refractivity contribution < 1.29 is 29.0 Å². The molecule has 2 N–H and O–H groups in total. The highest BCUT2D eigenvalue weighted by molar-refractivity contribution is 8.00. The van der Waals surface area contributed by atoms with E-state index in [9.17, 15) is 24.3 Å². The van der Waals surface area contributed by atoms with Crippen molar-refractivity contribution in [2.45, 2.75) is 22.7 Å². The van der Waals surface area contributed by atoms with Gasteiger partial charge in [-0.1, -0.05) is 35.2 Å². The van der Waals surface area contributed by atoms with Crippen molar-refractivity contribution in [3.8, 4) is 17.2 Å². The number of hydrogen-bond donors (Lipinski definition) is 2. The molecule has 42 heavy (non-hydrogen) atoms. The van der Waals surface area contributed by atoms with Crippen LogP contribution < -0.4 is 24.6 Å².